The van der Waals surface area contributed by atoms with Crippen LogP contribution >= 0.6 is 0 Å². The zero-order chi connectivity index (χ0) is 20.7. The number of hydrogen-bond donors (Lipinski definition) is 1. The maximum absolute atomic E-state index is 12.3. The van der Waals surface area contributed by atoms with Crippen LogP contribution in [0.25, 0.3) is 6.08 Å². The van der Waals surface area contributed by atoms with E-state index in [0.29, 0.717) is 25.5 Å². The second-order valence-corrected chi connectivity index (χ2v) is 8.55. The van der Waals surface area contributed by atoms with Gasteiger partial charge in [-0.25, -0.2) is 13.1 Å². The third-order valence-corrected chi connectivity index (χ3v) is 6.20. The molecule has 1 N–H and O–H groups in total. The molecule has 0 saturated carbocycles. The SMILES string of the molecule is CCOC1CCN(C(=O)/C=C\c2ccc(S(=O)(=O)NCc3ccco3)cc2)CC1. The number of carbonyl (C=O) groups excluding carboxylic acids is 1. The van der Waals surface area contributed by atoms with Gasteiger partial charge in [-0.3, -0.25) is 4.79 Å². The fourth-order valence-electron chi connectivity index (χ4n) is 3.17. The number of amides is 1. The Kier molecular flexibility index (Phi) is 7.24. The molecule has 1 aromatic carbocycles. The van der Waals surface area contributed by atoms with Gasteiger partial charge in [0.15, 0.2) is 0 Å². The average Bonchev–Trinajstić information content (AvgIpc) is 3.25. The molecule has 1 aliphatic heterocycles. The summed E-state index contributed by atoms with van der Waals surface area (Å²) in [6, 6.07) is 9.78. The van der Waals surface area contributed by atoms with Crippen LogP contribution in [-0.4, -0.2) is 45.0 Å². The second-order valence-electron chi connectivity index (χ2n) is 6.79. The van der Waals surface area contributed by atoms with Gasteiger partial charge in [0, 0.05) is 25.8 Å². The third-order valence-electron chi connectivity index (χ3n) is 4.78. The molecular formula is C21H26N2O5S. The lowest BCUT2D eigenvalue weighted by molar-refractivity contribution is -0.128. The van der Waals surface area contributed by atoms with E-state index in [9.17, 15) is 13.2 Å². The van der Waals surface area contributed by atoms with Gasteiger partial charge < -0.3 is 14.1 Å². The van der Waals surface area contributed by atoms with Crippen LogP contribution in [0.3, 0.4) is 0 Å². The molecule has 29 heavy (non-hydrogen) atoms. The number of sulfonamides is 1. The first-order chi connectivity index (χ1) is 14.0. The Hall–Kier alpha value is -2.42. The van der Waals surface area contributed by atoms with Crippen molar-refractivity contribution in [3.05, 3.63) is 60.1 Å². The molecule has 1 aliphatic rings. The van der Waals surface area contributed by atoms with Crippen LogP contribution in [0.2, 0.25) is 0 Å². The molecule has 0 aliphatic carbocycles. The third kappa shape index (κ3) is 6.03. The molecular weight excluding hydrogens is 392 g/mol. The average molecular weight is 419 g/mol. The predicted octanol–water partition coefficient (Wildman–Crippen LogP) is 2.80. The summed E-state index contributed by atoms with van der Waals surface area (Å²) in [5.41, 5.74) is 0.757. The Bertz CT molecular complexity index is 912. The Balaban J connectivity index is 1.54. The van der Waals surface area contributed by atoms with E-state index in [0.717, 1.165) is 18.4 Å². The lowest BCUT2D eigenvalue weighted by Gasteiger charge is -2.31. The normalized spacial score (nSPS) is 15.8. The number of likely N-dealkylation sites (tertiary alicyclic amines) is 1. The van der Waals surface area contributed by atoms with Crippen LogP contribution in [0, 0.1) is 0 Å². The highest BCUT2D eigenvalue weighted by molar-refractivity contribution is 7.89. The summed E-state index contributed by atoms with van der Waals surface area (Å²) < 4.78 is 37.9. The highest BCUT2D eigenvalue weighted by Crippen LogP contribution is 2.15. The summed E-state index contributed by atoms with van der Waals surface area (Å²) in [5, 5.41) is 0. The summed E-state index contributed by atoms with van der Waals surface area (Å²) in [4.78, 5) is 14.3. The second kappa shape index (κ2) is 9.87. The smallest absolute Gasteiger partial charge is 0.246 e. The minimum Gasteiger partial charge on any atom is -0.468 e. The van der Waals surface area contributed by atoms with Gasteiger partial charge in [-0.1, -0.05) is 12.1 Å². The largest absolute Gasteiger partial charge is 0.468 e. The molecule has 156 valence electrons. The molecule has 1 amide bonds. The van der Waals surface area contributed by atoms with Gasteiger partial charge in [0.1, 0.15) is 5.76 Å². The Labute approximate surface area is 171 Å². The van der Waals surface area contributed by atoms with Gasteiger partial charge in [-0.15, -0.1) is 0 Å². The molecule has 0 spiro atoms. The van der Waals surface area contributed by atoms with Crippen molar-refractivity contribution in [3.8, 4) is 0 Å². The van der Waals surface area contributed by atoms with Crippen LogP contribution < -0.4 is 4.72 Å². The standard InChI is InChI=1S/C21H26N2O5S/c1-2-27-18-11-13-23(14-12-18)21(24)10-7-17-5-8-20(9-6-17)29(25,26)22-16-19-4-3-15-28-19/h3-10,15,18,22H,2,11-14,16H2,1H3/b10-7-. The molecule has 2 heterocycles. The van der Waals surface area contributed by atoms with Gasteiger partial charge >= 0.3 is 0 Å². The summed E-state index contributed by atoms with van der Waals surface area (Å²) >= 11 is 0. The van der Waals surface area contributed by atoms with E-state index < -0.39 is 10.0 Å². The minimum absolute atomic E-state index is 0.0447. The van der Waals surface area contributed by atoms with E-state index in [1.54, 1.807) is 30.3 Å². The number of benzene rings is 1. The van der Waals surface area contributed by atoms with Crippen molar-refractivity contribution in [2.75, 3.05) is 19.7 Å². The maximum atomic E-state index is 12.3. The Morgan fingerprint density at radius 1 is 1.24 bits per heavy atom. The Morgan fingerprint density at radius 2 is 1.97 bits per heavy atom. The van der Waals surface area contributed by atoms with Crippen LogP contribution in [0.1, 0.15) is 31.1 Å². The topological polar surface area (TPSA) is 88.8 Å². The van der Waals surface area contributed by atoms with Gasteiger partial charge in [0.25, 0.3) is 0 Å². The summed E-state index contributed by atoms with van der Waals surface area (Å²) in [6.07, 6.45) is 6.66. The van der Waals surface area contributed by atoms with E-state index in [1.807, 2.05) is 11.8 Å². The van der Waals surface area contributed by atoms with Crippen LogP contribution in [0.4, 0.5) is 0 Å². The fourth-order valence-corrected chi connectivity index (χ4v) is 4.17. The molecule has 1 aromatic heterocycles. The van der Waals surface area contributed by atoms with Crippen molar-refractivity contribution in [1.82, 2.24) is 9.62 Å². The van der Waals surface area contributed by atoms with Crippen molar-refractivity contribution < 1.29 is 22.4 Å². The molecule has 0 bridgehead atoms. The van der Waals surface area contributed by atoms with E-state index in [-0.39, 0.29) is 23.5 Å². The quantitative estimate of drug-likeness (QED) is 0.666. The van der Waals surface area contributed by atoms with Crippen molar-refractivity contribution in [2.24, 2.45) is 0 Å². The summed E-state index contributed by atoms with van der Waals surface area (Å²) in [5.74, 6) is 0.494. The van der Waals surface area contributed by atoms with Crippen molar-refractivity contribution in [2.45, 2.75) is 37.3 Å². The molecule has 0 unspecified atom stereocenters. The molecule has 7 nitrogen and oxygen atoms in total. The molecule has 3 rings (SSSR count). The number of furan rings is 1. The first kappa shape index (κ1) is 21.3. The van der Waals surface area contributed by atoms with E-state index in [1.165, 1.54) is 24.5 Å². The number of carbonyl (C=O) groups is 1. The highest BCUT2D eigenvalue weighted by atomic mass is 32.2. The molecule has 2 aromatic rings. The first-order valence-electron chi connectivity index (χ1n) is 9.68. The number of nitrogens with zero attached hydrogens (tertiary/aromatic N) is 1. The molecule has 0 radical (unpaired) electrons. The highest BCUT2D eigenvalue weighted by Gasteiger charge is 2.21. The zero-order valence-corrected chi connectivity index (χ0v) is 17.2. The van der Waals surface area contributed by atoms with E-state index in [4.69, 9.17) is 9.15 Å². The maximum Gasteiger partial charge on any atom is 0.246 e. The summed E-state index contributed by atoms with van der Waals surface area (Å²) in [6.45, 7) is 4.14. The molecule has 1 saturated heterocycles. The molecule has 0 atom stereocenters. The zero-order valence-electron chi connectivity index (χ0n) is 16.4. The number of rotatable bonds is 8. The van der Waals surface area contributed by atoms with Gasteiger partial charge in [-0.05, 0) is 55.7 Å². The van der Waals surface area contributed by atoms with Crippen LogP contribution in [0.5, 0.6) is 0 Å². The van der Waals surface area contributed by atoms with Crippen LogP contribution in [-0.2, 0) is 26.1 Å². The van der Waals surface area contributed by atoms with Crippen molar-refractivity contribution in [1.29, 1.82) is 0 Å². The predicted molar refractivity (Wildman–Crippen MR) is 109 cm³/mol. The lowest BCUT2D eigenvalue weighted by atomic mass is 10.1. The number of nitrogens with one attached hydrogen (secondary N) is 1. The van der Waals surface area contributed by atoms with Crippen molar-refractivity contribution in [3.63, 3.8) is 0 Å². The summed E-state index contributed by atoms with van der Waals surface area (Å²) in [7, 11) is -3.63. The van der Waals surface area contributed by atoms with Crippen LogP contribution in [0.15, 0.2) is 58.1 Å². The van der Waals surface area contributed by atoms with Gasteiger partial charge in [0.2, 0.25) is 15.9 Å². The van der Waals surface area contributed by atoms with Gasteiger partial charge in [-0.2, -0.15) is 0 Å². The Morgan fingerprint density at radius 3 is 2.59 bits per heavy atom. The van der Waals surface area contributed by atoms with Gasteiger partial charge in [0.05, 0.1) is 23.8 Å². The molecule has 8 heteroatoms. The number of ether oxygens (including phenoxy) is 1. The number of piperidine rings is 1. The van der Waals surface area contributed by atoms with E-state index >= 15 is 0 Å². The molecule has 1 fully saturated rings. The number of hydrogen-bond acceptors (Lipinski definition) is 5. The lowest BCUT2D eigenvalue weighted by Crippen LogP contribution is -2.40. The first-order valence-corrected chi connectivity index (χ1v) is 11.2. The monoisotopic (exact) mass is 418 g/mol. The fraction of sp³-hybridized carbons (Fsp3) is 0.381. The van der Waals surface area contributed by atoms with E-state index in [2.05, 4.69) is 4.72 Å². The van der Waals surface area contributed by atoms with Crippen molar-refractivity contribution >= 4 is 22.0 Å². The minimum atomic E-state index is -3.63.